The molecule has 0 spiro atoms. The van der Waals surface area contributed by atoms with Gasteiger partial charge in [0.15, 0.2) is 0 Å². The van der Waals surface area contributed by atoms with Crippen molar-refractivity contribution in [2.24, 2.45) is 5.73 Å². The van der Waals surface area contributed by atoms with Crippen LogP contribution >= 0.6 is 0 Å². The first-order valence-corrected chi connectivity index (χ1v) is 6.67. The molecule has 1 atom stereocenters. The number of amides is 1. The van der Waals surface area contributed by atoms with E-state index in [1.165, 1.54) is 6.92 Å². The van der Waals surface area contributed by atoms with Gasteiger partial charge in [0.2, 0.25) is 5.91 Å². The number of likely N-dealkylation sites (N-methyl/N-ethyl adjacent to an activating group) is 1. The predicted molar refractivity (Wildman–Crippen MR) is 75.7 cm³/mol. The maximum atomic E-state index is 12.5. The quantitative estimate of drug-likeness (QED) is 0.848. The number of rotatable bonds is 6. The van der Waals surface area contributed by atoms with Crippen LogP contribution in [0.1, 0.15) is 19.4 Å². The lowest BCUT2D eigenvalue weighted by Crippen LogP contribution is -2.46. The number of halogens is 3. The number of nitrogens with zero attached hydrogens (tertiary/aromatic N) is 1. The Balaban J connectivity index is 2.72. The molecule has 1 unspecified atom stereocenters. The van der Waals surface area contributed by atoms with E-state index in [0.29, 0.717) is 12.2 Å². The Kier molecular flexibility index (Phi) is 6.17. The number of hydrogen-bond donors (Lipinski definition) is 2. The van der Waals surface area contributed by atoms with E-state index >= 15 is 0 Å². The van der Waals surface area contributed by atoms with Crippen molar-refractivity contribution in [1.29, 1.82) is 0 Å². The summed E-state index contributed by atoms with van der Waals surface area (Å²) in [5.41, 5.74) is 6.86. The van der Waals surface area contributed by atoms with Crippen LogP contribution in [0.15, 0.2) is 24.3 Å². The zero-order chi connectivity index (χ0) is 16.0. The van der Waals surface area contributed by atoms with Crippen LogP contribution in [0.4, 0.5) is 18.9 Å². The van der Waals surface area contributed by atoms with E-state index in [2.05, 4.69) is 5.32 Å². The summed E-state index contributed by atoms with van der Waals surface area (Å²) >= 11 is 0. The number of nitrogens with one attached hydrogen (secondary N) is 1. The molecule has 0 aliphatic heterocycles. The molecule has 7 heteroatoms. The van der Waals surface area contributed by atoms with Gasteiger partial charge in [0, 0.05) is 12.2 Å². The molecule has 0 fully saturated rings. The van der Waals surface area contributed by atoms with Crippen LogP contribution in [0.25, 0.3) is 0 Å². The van der Waals surface area contributed by atoms with Crippen LogP contribution < -0.4 is 11.1 Å². The summed E-state index contributed by atoms with van der Waals surface area (Å²) in [6.07, 6.45) is -4.33. The van der Waals surface area contributed by atoms with Gasteiger partial charge in [-0.1, -0.05) is 19.1 Å². The first kappa shape index (κ1) is 17.5. The standard InChI is InChI=1S/C14H20F3N3O/c1-3-20(9-14(15,16)17)10(2)13(21)19-12-6-4-5-11(7-12)8-18/h4-7,10H,3,8-9,18H2,1-2H3,(H,19,21). The van der Waals surface area contributed by atoms with Crippen molar-refractivity contribution in [2.45, 2.75) is 32.6 Å². The molecule has 1 amide bonds. The molecule has 0 saturated carbocycles. The van der Waals surface area contributed by atoms with E-state index in [-0.39, 0.29) is 6.54 Å². The summed E-state index contributed by atoms with van der Waals surface area (Å²) in [4.78, 5) is 13.1. The molecule has 1 aromatic carbocycles. The van der Waals surface area contributed by atoms with Crippen molar-refractivity contribution in [3.8, 4) is 0 Å². The third-order valence-corrected chi connectivity index (χ3v) is 3.15. The van der Waals surface area contributed by atoms with Gasteiger partial charge in [-0.2, -0.15) is 13.2 Å². The summed E-state index contributed by atoms with van der Waals surface area (Å²) in [6.45, 7) is 2.40. The number of alkyl halides is 3. The molecular weight excluding hydrogens is 283 g/mol. The molecule has 21 heavy (non-hydrogen) atoms. The largest absolute Gasteiger partial charge is 0.401 e. The summed E-state index contributed by atoms with van der Waals surface area (Å²) in [5.74, 6) is -0.477. The van der Waals surface area contributed by atoms with Gasteiger partial charge in [-0.3, -0.25) is 9.69 Å². The minimum absolute atomic E-state index is 0.136. The second-order valence-electron chi connectivity index (χ2n) is 4.75. The van der Waals surface area contributed by atoms with E-state index in [9.17, 15) is 18.0 Å². The molecule has 0 radical (unpaired) electrons. The molecular formula is C14H20F3N3O. The fourth-order valence-corrected chi connectivity index (χ4v) is 1.94. The van der Waals surface area contributed by atoms with Crippen LogP contribution in [0.5, 0.6) is 0 Å². The minimum Gasteiger partial charge on any atom is -0.326 e. The number of anilines is 1. The van der Waals surface area contributed by atoms with Gasteiger partial charge in [-0.05, 0) is 31.2 Å². The lowest BCUT2D eigenvalue weighted by molar-refractivity contribution is -0.152. The number of hydrogen-bond acceptors (Lipinski definition) is 3. The van der Waals surface area contributed by atoms with E-state index in [1.54, 1.807) is 31.2 Å². The molecule has 0 aliphatic rings. The van der Waals surface area contributed by atoms with Crippen LogP contribution in [-0.4, -0.2) is 36.1 Å². The summed E-state index contributed by atoms with van der Waals surface area (Å²) in [5, 5.41) is 2.61. The molecule has 1 aromatic rings. The smallest absolute Gasteiger partial charge is 0.326 e. The van der Waals surface area contributed by atoms with Crippen molar-refractivity contribution in [2.75, 3.05) is 18.4 Å². The number of benzene rings is 1. The van der Waals surface area contributed by atoms with Gasteiger partial charge in [0.1, 0.15) is 0 Å². The van der Waals surface area contributed by atoms with Crippen molar-refractivity contribution >= 4 is 11.6 Å². The van der Waals surface area contributed by atoms with Crippen LogP contribution in [0.3, 0.4) is 0 Å². The van der Waals surface area contributed by atoms with Crippen LogP contribution in [0.2, 0.25) is 0 Å². The Hall–Kier alpha value is -1.60. The Labute approximate surface area is 122 Å². The average molecular weight is 303 g/mol. The van der Waals surface area contributed by atoms with Gasteiger partial charge < -0.3 is 11.1 Å². The SMILES string of the molecule is CCN(CC(F)(F)F)C(C)C(=O)Nc1cccc(CN)c1. The maximum absolute atomic E-state index is 12.5. The molecule has 3 N–H and O–H groups in total. The number of nitrogens with two attached hydrogens (primary N) is 1. The first-order chi connectivity index (χ1) is 9.76. The van der Waals surface area contributed by atoms with Gasteiger partial charge in [-0.25, -0.2) is 0 Å². The predicted octanol–water partition coefficient (Wildman–Crippen LogP) is 2.36. The highest BCUT2D eigenvalue weighted by molar-refractivity contribution is 5.94. The fraction of sp³-hybridized carbons (Fsp3) is 0.500. The van der Waals surface area contributed by atoms with Crippen molar-refractivity contribution in [3.63, 3.8) is 0 Å². The Morgan fingerprint density at radius 1 is 1.43 bits per heavy atom. The molecule has 0 saturated heterocycles. The van der Waals surface area contributed by atoms with Gasteiger partial charge in [-0.15, -0.1) is 0 Å². The highest BCUT2D eigenvalue weighted by atomic mass is 19.4. The van der Waals surface area contributed by atoms with Crippen molar-refractivity contribution < 1.29 is 18.0 Å². The van der Waals surface area contributed by atoms with Crippen molar-refractivity contribution in [3.05, 3.63) is 29.8 Å². The van der Waals surface area contributed by atoms with Gasteiger partial charge in [0.05, 0.1) is 12.6 Å². The molecule has 4 nitrogen and oxygen atoms in total. The Morgan fingerprint density at radius 3 is 2.62 bits per heavy atom. The summed E-state index contributed by atoms with van der Waals surface area (Å²) < 4.78 is 37.4. The highest BCUT2D eigenvalue weighted by Crippen LogP contribution is 2.18. The Bertz CT molecular complexity index is 477. The van der Waals surface area contributed by atoms with E-state index in [4.69, 9.17) is 5.73 Å². The average Bonchev–Trinajstić information content (AvgIpc) is 2.43. The zero-order valence-corrected chi connectivity index (χ0v) is 12.1. The second-order valence-corrected chi connectivity index (χ2v) is 4.75. The van der Waals surface area contributed by atoms with Crippen LogP contribution in [0, 0.1) is 0 Å². The minimum atomic E-state index is -4.33. The number of carbonyl (C=O) groups excluding carboxylic acids is 1. The van der Waals surface area contributed by atoms with Gasteiger partial charge in [0.25, 0.3) is 0 Å². The normalized spacial score (nSPS) is 13.3. The van der Waals surface area contributed by atoms with E-state index in [0.717, 1.165) is 10.5 Å². The summed E-state index contributed by atoms with van der Waals surface area (Å²) in [6, 6.07) is 6.03. The van der Waals surface area contributed by atoms with E-state index in [1.807, 2.05) is 0 Å². The maximum Gasteiger partial charge on any atom is 0.401 e. The topological polar surface area (TPSA) is 58.4 Å². The molecule has 0 bridgehead atoms. The van der Waals surface area contributed by atoms with Gasteiger partial charge >= 0.3 is 6.18 Å². The lowest BCUT2D eigenvalue weighted by Gasteiger charge is -2.27. The Morgan fingerprint density at radius 2 is 2.10 bits per heavy atom. The number of carbonyl (C=O) groups is 1. The molecule has 0 aromatic heterocycles. The van der Waals surface area contributed by atoms with E-state index < -0.39 is 24.7 Å². The van der Waals surface area contributed by atoms with Crippen LogP contribution in [-0.2, 0) is 11.3 Å². The molecule has 0 aliphatic carbocycles. The highest BCUT2D eigenvalue weighted by Gasteiger charge is 2.33. The zero-order valence-electron chi connectivity index (χ0n) is 12.1. The first-order valence-electron chi connectivity index (χ1n) is 6.67. The fourth-order valence-electron chi connectivity index (χ4n) is 1.94. The third kappa shape index (κ3) is 5.73. The lowest BCUT2D eigenvalue weighted by atomic mass is 10.2. The third-order valence-electron chi connectivity index (χ3n) is 3.15. The molecule has 118 valence electrons. The van der Waals surface area contributed by atoms with Crippen molar-refractivity contribution in [1.82, 2.24) is 4.90 Å². The molecule has 1 rings (SSSR count). The summed E-state index contributed by atoms with van der Waals surface area (Å²) in [7, 11) is 0. The second kappa shape index (κ2) is 7.42. The molecule has 0 heterocycles. The monoisotopic (exact) mass is 303 g/mol.